The van der Waals surface area contributed by atoms with Gasteiger partial charge in [0.1, 0.15) is 40.4 Å². The molecular formula is C20H16F2N10O. The Morgan fingerprint density at radius 2 is 2.03 bits per heavy atom. The minimum atomic E-state index is -0.970. The topological polar surface area (TPSA) is 177 Å². The van der Waals surface area contributed by atoms with Gasteiger partial charge in [0.15, 0.2) is 11.6 Å². The van der Waals surface area contributed by atoms with Crippen molar-refractivity contribution < 1.29 is 8.78 Å². The number of nitrogens with one attached hydrogen (secondary N) is 2. The van der Waals surface area contributed by atoms with Crippen molar-refractivity contribution in [2.45, 2.75) is 18.9 Å². The number of hydrogen-bond acceptors (Lipinski definition) is 9. The smallest absolute Gasteiger partial charge is 0.267 e. The molecule has 0 bridgehead atoms. The van der Waals surface area contributed by atoms with Gasteiger partial charge in [0.2, 0.25) is 5.95 Å². The third kappa shape index (κ3) is 3.47. The lowest BCUT2D eigenvalue weighted by molar-refractivity contribution is 0.580. The van der Waals surface area contributed by atoms with Crippen molar-refractivity contribution in [1.29, 1.82) is 5.26 Å². The molecule has 1 aromatic carbocycles. The minimum absolute atomic E-state index is 0.0176. The fraction of sp³-hybridized carbons (Fsp3) is 0.200. The number of nitriles is 1. The number of aromatic nitrogens is 6. The molecule has 5 rings (SSSR count). The van der Waals surface area contributed by atoms with Gasteiger partial charge in [-0.3, -0.25) is 9.89 Å². The molecule has 13 heteroatoms. The van der Waals surface area contributed by atoms with Gasteiger partial charge in [-0.05, 0) is 24.8 Å². The summed E-state index contributed by atoms with van der Waals surface area (Å²) < 4.78 is 29.7. The summed E-state index contributed by atoms with van der Waals surface area (Å²) in [5.74, 6) is -1.70. The summed E-state index contributed by atoms with van der Waals surface area (Å²) in [4.78, 5) is 25.7. The Balaban J connectivity index is 1.77. The van der Waals surface area contributed by atoms with E-state index in [1.54, 1.807) is 0 Å². The summed E-state index contributed by atoms with van der Waals surface area (Å²) in [6.07, 6.45) is 2.98. The van der Waals surface area contributed by atoms with E-state index in [1.807, 2.05) is 6.07 Å². The lowest BCUT2D eigenvalue weighted by Crippen LogP contribution is -2.30. The molecule has 0 aliphatic heterocycles. The fourth-order valence-corrected chi connectivity index (χ4v) is 3.73. The van der Waals surface area contributed by atoms with E-state index in [9.17, 15) is 18.8 Å². The highest BCUT2D eigenvalue weighted by atomic mass is 19.1. The molecule has 0 radical (unpaired) electrons. The summed E-state index contributed by atoms with van der Waals surface area (Å²) in [5.41, 5.74) is 10.5. The number of rotatable bonds is 5. The van der Waals surface area contributed by atoms with Crippen molar-refractivity contribution in [2.24, 2.45) is 5.92 Å². The molecule has 1 aliphatic carbocycles. The van der Waals surface area contributed by atoms with Crippen LogP contribution in [0.4, 0.5) is 26.4 Å². The highest BCUT2D eigenvalue weighted by Gasteiger charge is 2.37. The molecule has 0 spiro atoms. The number of nitrogens with zero attached hydrogens (tertiary/aromatic N) is 6. The summed E-state index contributed by atoms with van der Waals surface area (Å²) in [7, 11) is 0. The predicted octanol–water partition coefficient (Wildman–Crippen LogP) is 1.78. The predicted molar refractivity (Wildman–Crippen MR) is 114 cm³/mol. The molecule has 1 fully saturated rings. The Kier molecular flexibility index (Phi) is 4.63. The van der Waals surface area contributed by atoms with E-state index in [0.717, 1.165) is 18.9 Å². The van der Waals surface area contributed by atoms with E-state index >= 15 is 0 Å². The van der Waals surface area contributed by atoms with E-state index in [1.165, 1.54) is 16.8 Å². The molecular weight excluding hydrogens is 434 g/mol. The maximum Gasteiger partial charge on any atom is 0.267 e. The summed E-state index contributed by atoms with van der Waals surface area (Å²) in [6, 6.07) is 4.37. The van der Waals surface area contributed by atoms with Gasteiger partial charge < -0.3 is 16.8 Å². The standard InChI is InChI=1S/C20H16F2N10O/c21-9-5-10-15(12(22)6-9)28-18(32(19(10)33)13-3-4-26-31-13)14(8-1-2-8)27-17-11(7-23)16(24)29-20(25)30-17/h3-6,8,14H,1-2H2,(H,26,31)(H5,24,25,27,29,30)/t14-/m0/s1. The van der Waals surface area contributed by atoms with E-state index in [2.05, 4.69) is 30.5 Å². The first-order valence-corrected chi connectivity index (χ1v) is 9.88. The third-order valence-electron chi connectivity index (χ3n) is 5.37. The van der Waals surface area contributed by atoms with Crippen molar-refractivity contribution in [3.8, 4) is 11.9 Å². The van der Waals surface area contributed by atoms with Gasteiger partial charge in [0.25, 0.3) is 5.56 Å². The Labute approximate surface area is 184 Å². The van der Waals surface area contributed by atoms with Crippen LogP contribution in [0.25, 0.3) is 16.7 Å². The molecule has 166 valence electrons. The first kappa shape index (κ1) is 20.3. The Morgan fingerprint density at radius 3 is 2.70 bits per heavy atom. The number of fused-ring (bicyclic) bond motifs is 1. The van der Waals surface area contributed by atoms with Gasteiger partial charge in [0, 0.05) is 12.1 Å². The van der Waals surface area contributed by atoms with Gasteiger partial charge in [0.05, 0.1) is 17.6 Å². The minimum Gasteiger partial charge on any atom is -0.382 e. The SMILES string of the molecule is N#Cc1c(N)nc(N)nc1N[C@H](c1nc2c(F)cc(F)cc2c(=O)n1-c1ccn[nH]1)C1CC1. The largest absolute Gasteiger partial charge is 0.382 e. The zero-order chi connectivity index (χ0) is 23.3. The lowest BCUT2D eigenvalue weighted by atomic mass is 10.1. The Hall–Kier alpha value is -4.60. The van der Waals surface area contributed by atoms with Crippen LogP contribution in [-0.4, -0.2) is 29.7 Å². The van der Waals surface area contributed by atoms with Crippen molar-refractivity contribution >= 4 is 28.5 Å². The molecule has 0 unspecified atom stereocenters. The van der Waals surface area contributed by atoms with Crippen LogP contribution in [0.15, 0.2) is 29.2 Å². The summed E-state index contributed by atoms with van der Waals surface area (Å²) >= 11 is 0. The highest BCUT2D eigenvalue weighted by Crippen LogP contribution is 2.43. The number of halogens is 2. The van der Waals surface area contributed by atoms with Crippen molar-refractivity contribution in [2.75, 3.05) is 16.8 Å². The van der Waals surface area contributed by atoms with Crippen LogP contribution < -0.4 is 22.3 Å². The maximum absolute atomic E-state index is 14.6. The number of H-pyrrole nitrogens is 1. The van der Waals surface area contributed by atoms with Crippen LogP contribution in [-0.2, 0) is 0 Å². The number of anilines is 3. The van der Waals surface area contributed by atoms with Crippen LogP contribution in [0.1, 0.15) is 30.3 Å². The lowest BCUT2D eigenvalue weighted by Gasteiger charge is -2.23. The molecule has 1 atom stereocenters. The van der Waals surface area contributed by atoms with Gasteiger partial charge >= 0.3 is 0 Å². The van der Waals surface area contributed by atoms with Crippen LogP contribution in [0.2, 0.25) is 0 Å². The van der Waals surface area contributed by atoms with Crippen LogP contribution in [0.3, 0.4) is 0 Å². The molecule has 3 aromatic heterocycles. The zero-order valence-corrected chi connectivity index (χ0v) is 16.9. The van der Waals surface area contributed by atoms with Gasteiger partial charge in [-0.1, -0.05) is 0 Å². The molecule has 0 amide bonds. The zero-order valence-electron chi connectivity index (χ0n) is 16.9. The Morgan fingerprint density at radius 1 is 1.24 bits per heavy atom. The quantitative estimate of drug-likeness (QED) is 0.353. The average molecular weight is 450 g/mol. The number of hydrogen-bond donors (Lipinski definition) is 4. The van der Waals surface area contributed by atoms with Crippen LogP contribution in [0.5, 0.6) is 0 Å². The van der Waals surface area contributed by atoms with Crippen molar-refractivity contribution in [3.05, 3.63) is 57.8 Å². The molecule has 3 heterocycles. The molecule has 11 nitrogen and oxygen atoms in total. The van der Waals surface area contributed by atoms with Crippen LogP contribution in [0, 0.1) is 28.9 Å². The summed E-state index contributed by atoms with van der Waals surface area (Å²) in [6.45, 7) is 0. The van der Waals surface area contributed by atoms with Gasteiger partial charge in [-0.25, -0.2) is 18.3 Å². The molecule has 6 N–H and O–H groups in total. The molecule has 1 aliphatic rings. The second kappa shape index (κ2) is 7.52. The molecule has 4 aromatic rings. The summed E-state index contributed by atoms with van der Waals surface area (Å²) in [5, 5.41) is 18.9. The first-order chi connectivity index (χ1) is 15.9. The number of nitrogen functional groups attached to an aromatic ring is 2. The number of aromatic amines is 1. The van der Waals surface area contributed by atoms with E-state index in [0.29, 0.717) is 6.07 Å². The molecule has 33 heavy (non-hydrogen) atoms. The Bertz CT molecular complexity index is 1490. The maximum atomic E-state index is 14.6. The normalized spacial score (nSPS) is 14.2. The fourth-order valence-electron chi connectivity index (χ4n) is 3.73. The van der Waals surface area contributed by atoms with Crippen molar-refractivity contribution in [1.82, 2.24) is 29.7 Å². The highest BCUT2D eigenvalue weighted by molar-refractivity contribution is 5.79. The molecule has 1 saturated carbocycles. The van der Waals surface area contributed by atoms with E-state index < -0.39 is 23.2 Å². The number of benzene rings is 1. The average Bonchev–Trinajstić information content (AvgIpc) is 3.46. The second-order valence-corrected chi connectivity index (χ2v) is 7.60. The van der Waals surface area contributed by atoms with Crippen molar-refractivity contribution in [3.63, 3.8) is 0 Å². The van der Waals surface area contributed by atoms with E-state index in [-0.39, 0.29) is 51.6 Å². The molecule has 0 saturated heterocycles. The van der Waals surface area contributed by atoms with Crippen LogP contribution >= 0.6 is 0 Å². The van der Waals surface area contributed by atoms with Gasteiger partial charge in [-0.15, -0.1) is 0 Å². The first-order valence-electron chi connectivity index (χ1n) is 9.88. The van der Waals surface area contributed by atoms with Gasteiger partial charge in [-0.2, -0.15) is 20.3 Å². The second-order valence-electron chi connectivity index (χ2n) is 7.60. The third-order valence-corrected chi connectivity index (χ3v) is 5.37. The monoisotopic (exact) mass is 450 g/mol. The van der Waals surface area contributed by atoms with E-state index in [4.69, 9.17) is 11.5 Å². The number of nitrogens with two attached hydrogens (primary N) is 2.